The lowest BCUT2D eigenvalue weighted by Crippen LogP contribution is -2.23. The minimum atomic E-state index is -0.798. The van der Waals surface area contributed by atoms with Crippen LogP contribution in [0.5, 0.6) is 0 Å². The first-order chi connectivity index (χ1) is 8.49. The highest BCUT2D eigenvalue weighted by molar-refractivity contribution is 5.54. The largest absolute Gasteiger partial charge is 0.391 e. The van der Waals surface area contributed by atoms with E-state index in [0.717, 1.165) is 0 Å². The number of aliphatic hydroxyl groups is 1. The molecule has 1 aromatic carbocycles. The van der Waals surface area contributed by atoms with E-state index in [1.165, 1.54) is 13.0 Å². The van der Waals surface area contributed by atoms with Gasteiger partial charge >= 0.3 is 0 Å². The summed E-state index contributed by atoms with van der Waals surface area (Å²) in [5.41, 5.74) is 6.71. The van der Waals surface area contributed by atoms with Gasteiger partial charge in [0, 0.05) is 5.56 Å². The van der Waals surface area contributed by atoms with Crippen molar-refractivity contribution >= 4 is 0 Å². The van der Waals surface area contributed by atoms with Gasteiger partial charge in [-0.1, -0.05) is 17.3 Å². The molecule has 0 aliphatic rings. The molecular weight excluding hydrogens is 237 g/mol. The van der Waals surface area contributed by atoms with Crippen LogP contribution in [0.25, 0.3) is 11.4 Å². The number of aryl methyl sites for hydroxylation is 1. The van der Waals surface area contributed by atoms with Gasteiger partial charge in [0.25, 0.3) is 0 Å². The lowest BCUT2D eigenvalue weighted by Gasteiger charge is -2.08. The third-order valence-corrected chi connectivity index (χ3v) is 2.68. The highest BCUT2D eigenvalue weighted by Crippen LogP contribution is 2.21. The van der Waals surface area contributed by atoms with E-state index in [-0.39, 0.29) is 17.5 Å². The Labute approximate surface area is 103 Å². The van der Waals surface area contributed by atoms with E-state index in [1.807, 2.05) is 0 Å². The van der Waals surface area contributed by atoms with Crippen molar-refractivity contribution in [1.82, 2.24) is 10.1 Å². The molecule has 0 saturated carbocycles. The molecule has 18 heavy (non-hydrogen) atoms. The van der Waals surface area contributed by atoms with E-state index in [9.17, 15) is 9.50 Å². The molecule has 0 bridgehead atoms. The second kappa shape index (κ2) is 4.83. The second-order valence-corrected chi connectivity index (χ2v) is 4.19. The molecule has 6 heteroatoms. The molecule has 0 aliphatic carbocycles. The predicted octanol–water partition coefficient (Wildman–Crippen LogP) is 1.56. The van der Waals surface area contributed by atoms with E-state index in [0.29, 0.717) is 11.1 Å². The van der Waals surface area contributed by atoms with E-state index >= 15 is 0 Å². The summed E-state index contributed by atoms with van der Waals surface area (Å²) in [5, 5.41) is 13.0. The van der Waals surface area contributed by atoms with E-state index in [1.54, 1.807) is 19.1 Å². The Morgan fingerprint density at radius 3 is 2.78 bits per heavy atom. The summed E-state index contributed by atoms with van der Waals surface area (Å²) >= 11 is 0. The maximum atomic E-state index is 13.4. The number of benzene rings is 1. The summed E-state index contributed by atoms with van der Waals surface area (Å²) in [6.07, 6.45) is -0.798. The van der Waals surface area contributed by atoms with Crippen molar-refractivity contribution in [1.29, 1.82) is 0 Å². The monoisotopic (exact) mass is 251 g/mol. The molecule has 2 aromatic rings. The molecule has 1 heterocycles. The van der Waals surface area contributed by atoms with Crippen molar-refractivity contribution in [3.8, 4) is 11.4 Å². The molecule has 2 rings (SSSR count). The average Bonchev–Trinajstić information content (AvgIpc) is 2.81. The van der Waals surface area contributed by atoms with Gasteiger partial charge in [0.15, 0.2) is 0 Å². The molecule has 3 N–H and O–H groups in total. The predicted molar refractivity (Wildman–Crippen MR) is 63.0 cm³/mol. The average molecular weight is 251 g/mol. The number of nitrogens with zero attached hydrogens (tertiary/aromatic N) is 2. The highest BCUT2D eigenvalue weighted by Gasteiger charge is 2.20. The molecule has 5 nitrogen and oxygen atoms in total. The Bertz CT molecular complexity index is 554. The quantitative estimate of drug-likeness (QED) is 0.864. The molecule has 96 valence electrons. The summed E-state index contributed by atoms with van der Waals surface area (Å²) in [5.74, 6) is 0.0413. The first-order valence-corrected chi connectivity index (χ1v) is 5.53. The van der Waals surface area contributed by atoms with Crippen molar-refractivity contribution in [2.24, 2.45) is 5.73 Å². The van der Waals surface area contributed by atoms with Crippen LogP contribution in [0.3, 0.4) is 0 Å². The third-order valence-electron chi connectivity index (χ3n) is 2.68. The third kappa shape index (κ3) is 2.39. The molecule has 0 radical (unpaired) electrons. The van der Waals surface area contributed by atoms with Gasteiger partial charge in [-0.25, -0.2) is 4.39 Å². The minimum Gasteiger partial charge on any atom is -0.391 e. The molecule has 1 aromatic heterocycles. The normalized spacial score (nSPS) is 14.5. The number of rotatable bonds is 3. The topological polar surface area (TPSA) is 85.2 Å². The maximum Gasteiger partial charge on any atom is 0.246 e. The standard InChI is InChI=1S/C12H14FN3O2/c1-6-3-4-8(5-9(6)13)11-15-12(18-16-11)10(14)7(2)17/h3-5,7,10,17H,14H2,1-2H3/t7-,10+/m1/s1. The van der Waals surface area contributed by atoms with Crippen molar-refractivity contribution in [2.45, 2.75) is 26.0 Å². The van der Waals surface area contributed by atoms with Crippen molar-refractivity contribution in [3.63, 3.8) is 0 Å². The van der Waals surface area contributed by atoms with Gasteiger partial charge in [0.05, 0.1) is 6.10 Å². The molecule has 0 saturated heterocycles. The summed E-state index contributed by atoms with van der Waals surface area (Å²) in [6.45, 7) is 3.20. The zero-order valence-electron chi connectivity index (χ0n) is 10.1. The van der Waals surface area contributed by atoms with Gasteiger partial charge in [-0.2, -0.15) is 4.98 Å². The highest BCUT2D eigenvalue weighted by atomic mass is 19.1. The molecule has 0 amide bonds. The summed E-state index contributed by atoms with van der Waals surface area (Å²) < 4.78 is 18.4. The Morgan fingerprint density at radius 2 is 2.17 bits per heavy atom. The van der Waals surface area contributed by atoms with Crippen molar-refractivity contribution in [2.75, 3.05) is 0 Å². The van der Waals surface area contributed by atoms with Gasteiger partial charge in [-0.3, -0.25) is 0 Å². The minimum absolute atomic E-state index is 0.126. The summed E-state index contributed by atoms with van der Waals surface area (Å²) in [4.78, 5) is 4.04. The fourth-order valence-electron chi connectivity index (χ4n) is 1.43. The zero-order valence-corrected chi connectivity index (χ0v) is 10.1. The lowest BCUT2D eigenvalue weighted by atomic mass is 10.1. The van der Waals surface area contributed by atoms with Gasteiger partial charge in [-0.15, -0.1) is 0 Å². The van der Waals surface area contributed by atoms with Gasteiger partial charge in [0.2, 0.25) is 11.7 Å². The number of aromatic nitrogens is 2. The van der Waals surface area contributed by atoms with Crippen LogP contribution in [0.2, 0.25) is 0 Å². The van der Waals surface area contributed by atoms with Crippen LogP contribution in [-0.2, 0) is 0 Å². The lowest BCUT2D eigenvalue weighted by molar-refractivity contribution is 0.146. The number of aliphatic hydroxyl groups excluding tert-OH is 1. The fourth-order valence-corrected chi connectivity index (χ4v) is 1.43. The molecule has 0 fully saturated rings. The number of hydrogen-bond acceptors (Lipinski definition) is 5. The molecule has 0 aliphatic heterocycles. The van der Waals surface area contributed by atoms with Gasteiger partial charge in [-0.05, 0) is 25.5 Å². The van der Waals surface area contributed by atoms with E-state index < -0.39 is 12.1 Å². The van der Waals surface area contributed by atoms with Crippen LogP contribution in [0.15, 0.2) is 22.7 Å². The van der Waals surface area contributed by atoms with Crippen LogP contribution in [0.4, 0.5) is 4.39 Å². The Balaban J connectivity index is 2.32. The first kappa shape index (κ1) is 12.7. The fraction of sp³-hybridized carbons (Fsp3) is 0.333. The Morgan fingerprint density at radius 1 is 1.44 bits per heavy atom. The molecule has 2 atom stereocenters. The maximum absolute atomic E-state index is 13.4. The van der Waals surface area contributed by atoms with Gasteiger partial charge in [0.1, 0.15) is 11.9 Å². The van der Waals surface area contributed by atoms with E-state index in [2.05, 4.69) is 10.1 Å². The van der Waals surface area contributed by atoms with Crippen LogP contribution >= 0.6 is 0 Å². The molecular formula is C12H14FN3O2. The van der Waals surface area contributed by atoms with Crippen LogP contribution in [-0.4, -0.2) is 21.4 Å². The first-order valence-electron chi connectivity index (χ1n) is 5.53. The van der Waals surface area contributed by atoms with Gasteiger partial charge < -0.3 is 15.4 Å². The zero-order chi connectivity index (χ0) is 13.3. The summed E-state index contributed by atoms with van der Waals surface area (Å²) in [7, 11) is 0. The summed E-state index contributed by atoms with van der Waals surface area (Å²) in [6, 6.07) is 3.91. The molecule has 0 spiro atoms. The number of halogens is 1. The van der Waals surface area contributed by atoms with E-state index in [4.69, 9.17) is 10.3 Å². The van der Waals surface area contributed by atoms with Crippen LogP contribution in [0.1, 0.15) is 24.4 Å². The van der Waals surface area contributed by atoms with Crippen LogP contribution in [0, 0.1) is 12.7 Å². The number of hydrogen-bond donors (Lipinski definition) is 2. The van der Waals surface area contributed by atoms with Crippen molar-refractivity contribution < 1.29 is 14.0 Å². The van der Waals surface area contributed by atoms with Crippen molar-refractivity contribution in [3.05, 3.63) is 35.5 Å². The second-order valence-electron chi connectivity index (χ2n) is 4.19. The smallest absolute Gasteiger partial charge is 0.246 e. The molecule has 0 unspecified atom stereocenters. The SMILES string of the molecule is Cc1ccc(-c2noc([C@@H](N)[C@@H](C)O)n2)cc1F. The van der Waals surface area contributed by atoms with Crippen LogP contribution < -0.4 is 5.73 Å². The Hall–Kier alpha value is -1.79. The Kier molecular flexibility index (Phi) is 3.40. The number of nitrogens with two attached hydrogens (primary N) is 1.